The van der Waals surface area contributed by atoms with Crippen LogP contribution in [0.3, 0.4) is 0 Å². The molecule has 1 unspecified atom stereocenters. The molecular formula is C21H27ClN2O3S. The maximum absolute atomic E-state index is 13.2. The van der Waals surface area contributed by atoms with Gasteiger partial charge in [0.05, 0.1) is 11.9 Å². The van der Waals surface area contributed by atoms with Crippen LogP contribution < -0.4 is 9.62 Å². The van der Waals surface area contributed by atoms with E-state index in [4.69, 9.17) is 11.6 Å². The number of nitrogens with one attached hydrogen (secondary N) is 1. The van der Waals surface area contributed by atoms with Crippen molar-refractivity contribution in [2.75, 3.05) is 15.9 Å². The zero-order chi connectivity index (χ0) is 20.9. The third kappa shape index (κ3) is 5.06. The summed E-state index contributed by atoms with van der Waals surface area (Å²) in [6.45, 7) is 5.85. The van der Waals surface area contributed by atoms with Crippen molar-refractivity contribution < 1.29 is 13.2 Å². The van der Waals surface area contributed by atoms with Gasteiger partial charge in [0.15, 0.2) is 0 Å². The van der Waals surface area contributed by atoms with Gasteiger partial charge in [-0.05, 0) is 54.7 Å². The van der Waals surface area contributed by atoms with Crippen LogP contribution >= 0.6 is 11.6 Å². The van der Waals surface area contributed by atoms with Crippen molar-refractivity contribution in [2.45, 2.75) is 46.1 Å². The molecule has 1 amide bonds. The zero-order valence-electron chi connectivity index (χ0n) is 16.7. The molecule has 7 heteroatoms. The molecule has 0 aliphatic heterocycles. The van der Waals surface area contributed by atoms with E-state index in [-0.39, 0.29) is 5.91 Å². The Morgan fingerprint density at radius 2 is 1.57 bits per heavy atom. The van der Waals surface area contributed by atoms with Crippen molar-refractivity contribution >= 4 is 38.9 Å². The van der Waals surface area contributed by atoms with Gasteiger partial charge in [-0.15, -0.1) is 0 Å². The van der Waals surface area contributed by atoms with Gasteiger partial charge in [-0.1, -0.05) is 50.6 Å². The first-order valence-corrected chi connectivity index (χ1v) is 11.6. The molecule has 0 fully saturated rings. The van der Waals surface area contributed by atoms with Crippen molar-refractivity contribution in [2.24, 2.45) is 0 Å². The third-order valence-electron chi connectivity index (χ3n) is 4.66. The molecule has 1 N–H and O–H groups in total. The molecule has 0 radical (unpaired) electrons. The lowest BCUT2D eigenvalue weighted by molar-refractivity contribution is -0.117. The summed E-state index contributed by atoms with van der Waals surface area (Å²) >= 11 is 5.93. The molecule has 152 valence electrons. The standard InChI is InChI=1S/C21H27ClN2O3S/c1-5-15-9-8-10-16(6-2)20(15)23-21(25)19(7-3)24(28(4,26)27)18-13-11-17(22)12-14-18/h8-14,19H,5-7H2,1-4H3,(H,23,25). The molecule has 5 nitrogen and oxygen atoms in total. The van der Waals surface area contributed by atoms with Gasteiger partial charge in [-0.3, -0.25) is 9.10 Å². The van der Waals surface area contributed by atoms with Gasteiger partial charge in [0.1, 0.15) is 6.04 Å². The molecule has 0 saturated carbocycles. The number of hydrogen-bond donors (Lipinski definition) is 1. The minimum Gasteiger partial charge on any atom is -0.324 e. The van der Waals surface area contributed by atoms with Crippen LogP contribution in [0.4, 0.5) is 11.4 Å². The van der Waals surface area contributed by atoms with Crippen LogP contribution in [-0.2, 0) is 27.7 Å². The van der Waals surface area contributed by atoms with Crippen LogP contribution in [0.2, 0.25) is 5.02 Å². The number of benzene rings is 2. The molecule has 2 aromatic rings. The summed E-state index contributed by atoms with van der Waals surface area (Å²) in [5, 5.41) is 3.49. The Bertz CT molecular complexity index is 905. The number of aryl methyl sites for hydroxylation is 2. The molecule has 0 heterocycles. The fraction of sp³-hybridized carbons (Fsp3) is 0.381. The van der Waals surface area contributed by atoms with Crippen LogP contribution in [0.15, 0.2) is 42.5 Å². The summed E-state index contributed by atoms with van der Waals surface area (Å²) in [6, 6.07) is 11.5. The lowest BCUT2D eigenvalue weighted by Gasteiger charge is -2.30. The number of amides is 1. The van der Waals surface area contributed by atoms with E-state index >= 15 is 0 Å². The Balaban J connectivity index is 2.44. The van der Waals surface area contributed by atoms with Gasteiger partial charge in [-0.25, -0.2) is 8.42 Å². The number of sulfonamides is 1. The highest BCUT2D eigenvalue weighted by Crippen LogP contribution is 2.27. The van der Waals surface area contributed by atoms with E-state index < -0.39 is 16.1 Å². The fourth-order valence-corrected chi connectivity index (χ4v) is 4.60. The van der Waals surface area contributed by atoms with E-state index in [1.165, 1.54) is 4.31 Å². The highest BCUT2D eigenvalue weighted by atomic mass is 35.5. The average molecular weight is 423 g/mol. The molecule has 0 aromatic heterocycles. The van der Waals surface area contributed by atoms with Gasteiger partial charge >= 0.3 is 0 Å². The number of carbonyl (C=O) groups excluding carboxylic acids is 1. The summed E-state index contributed by atoms with van der Waals surface area (Å²) in [7, 11) is -3.68. The van der Waals surface area contributed by atoms with Crippen LogP contribution in [0.1, 0.15) is 38.3 Å². The summed E-state index contributed by atoms with van der Waals surface area (Å²) < 4.78 is 26.2. The second kappa shape index (κ2) is 9.43. The lowest BCUT2D eigenvalue weighted by Crippen LogP contribution is -2.47. The maximum Gasteiger partial charge on any atom is 0.248 e. The first kappa shape index (κ1) is 22.2. The lowest BCUT2D eigenvalue weighted by atomic mass is 10.0. The molecular weight excluding hydrogens is 396 g/mol. The molecule has 1 atom stereocenters. The Morgan fingerprint density at radius 1 is 1.04 bits per heavy atom. The first-order chi connectivity index (χ1) is 13.2. The first-order valence-electron chi connectivity index (χ1n) is 9.39. The molecule has 0 saturated heterocycles. The number of halogens is 1. The number of para-hydroxylation sites is 1. The van der Waals surface area contributed by atoms with E-state index in [0.29, 0.717) is 17.1 Å². The number of nitrogens with zero attached hydrogens (tertiary/aromatic N) is 1. The Morgan fingerprint density at radius 3 is 2.00 bits per heavy atom. The van der Waals surface area contributed by atoms with Gasteiger partial charge in [0.25, 0.3) is 0 Å². The number of rotatable bonds is 8. The van der Waals surface area contributed by atoms with E-state index in [0.717, 1.165) is 35.9 Å². The Kier molecular flexibility index (Phi) is 7.49. The van der Waals surface area contributed by atoms with Crippen LogP contribution in [-0.4, -0.2) is 26.6 Å². The normalized spacial score (nSPS) is 12.5. The van der Waals surface area contributed by atoms with Crippen molar-refractivity contribution in [1.29, 1.82) is 0 Å². The van der Waals surface area contributed by atoms with E-state index in [9.17, 15) is 13.2 Å². The Hall–Kier alpha value is -2.05. The molecule has 0 aliphatic rings. The van der Waals surface area contributed by atoms with Crippen LogP contribution in [0, 0.1) is 0 Å². The summed E-state index contributed by atoms with van der Waals surface area (Å²) in [6.07, 6.45) is 2.98. The summed E-state index contributed by atoms with van der Waals surface area (Å²) in [5.41, 5.74) is 3.24. The van der Waals surface area contributed by atoms with Gasteiger partial charge in [0, 0.05) is 10.7 Å². The minimum atomic E-state index is -3.68. The average Bonchev–Trinajstić information content (AvgIpc) is 2.66. The topological polar surface area (TPSA) is 66.5 Å². The summed E-state index contributed by atoms with van der Waals surface area (Å²) in [5.74, 6) is -0.349. The smallest absolute Gasteiger partial charge is 0.248 e. The highest BCUT2D eigenvalue weighted by Gasteiger charge is 2.32. The van der Waals surface area contributed by atoms with E-state index in [2.05, 4.69) is 5.32 Å². The Labute approximate surface area is 172 Å². The van der Waals surface area contributed by atoms with Crippen LogP contribution in [0.5, 0.6) is 0 Å². The second-order valence-electron chi connectivity index (χ2n) is 6.61. The minimum absolute atomic E-state index is 0.331. The predicted octanol–water partition coefficient (Wildman–Crippen LogP) is 4.65. The van der Waals surface area contributed by atoms with Crippen LogP contribution in [0.25, 0.3) is 0 Å². The van der Waals surface area contributed by atoms with Crippen molar-refractivity contribution in [1.82, 2.24) is 0 Å². The number of hydrogen-bond acceptors (Lipinski definition) is 3. The monoisotopic (exact) mass is 422 g/mol. The fourth-order valence-electron chi connectivity index (χ4n) is 3.26. The number of carbonyl (C=O) groups is 1. The van der Waals surface area contributed by atoms with Gasteiger partial charge in [-0.2, -0.15) is 0 Å². The SMILES string of the molecule is CCc1cccc(CC)c1NC(=O)C(CC)N(c1ccc(Cl)cc1)S(C)(=O)=O. The molecule has 28 heavy (non-hydrogen) atoms. The molecule has 0 aliphatic carbocycles. The van der Waals surface area contributed by atoms with Crippen molar-refractivity contribution in [3.63, 3.8) is 0 Å². The second-order valence-corrected chi connectivity index (χ2v) is 8.90. The molecule has 0 bridgehead atoms. The maximum atomic E-state index is 13.2. The molecule has 0 spiro atoms. The van der Waals surface area contributed by atoms with Gasteiger partial charge in [0.2, 0.25) is 15.9 Å². The largest absolute Gasteiger partial charge is 0.324 e. The summed E-state index contributed by atoms with van der Waals surface area (Å²) in [4.78, 5) is 13.2. The molecule has 2 aromatic carbocycles. The van der Waals surface area contributed by atoms with E-state index in [1.54, 1.807) is 31.2 Å². The zero-order valence-corrected chi connectivity index (χ0v) is 18.3. The highest BCUT2D eigenvalue weighted by molar-refractivity contribution is 7.92. The quantitative estimate of drug-likeness (QED) is 0.673. The third-order valence-corrected chi connectivity index (χ3v) is 6.09. The number of anilines is 2. The van der Waals surface area contributed by atoms with Gasteiger partial charge < -0.3 is 5.32 Å². The molecule has 2 rings (SSSR count). The van der Waals surface area contributed by atoms with E-state index in [1.807, 2.05) is 32.0 Å². The van der Waals surface area contributed by atoms with Crippen molar-refractivity contribution in [3.8, 4) is 0 Å². The predicted molar refractivity (Wildman–Crippen MR) is 117 cm³/mol. The van der Waals surface area contributed by atoms with Crippen molar-refractivity contribution in [3.05, 3.63) is 58.6 Å².